The van der Waals surface area contributed by atoms with Crippen LogP contribution >= 0.6 is 0 Å². The normalized spacial score (nSPS) is 16.7. The number of sulfone groups is 1. The van der Waals surface area contributed by atoms with Crippen molar-refractivity contribution in [3.8, 4) is 5.88 Å². The molecule has 1 saturated heterocycles. The third-order valence-electron chi connectivity index (χ3n) is 6.02. The number of ether oxygens (including phenoxy) is 1. The van der Waals surface area contributed by atoms with Crippen molar-refractivity contribution in [2.75, 3.05) is 41.9 Å². The highest BCUT2D eigenvalue weighted by molar-refractivity contribution is 7.91. The SMILES string of the molecule is CC[C@@H](Nc1n[nH]c(=O)c2nc(OC)c(N3CCS(=O)(=O)CC3)cc12)c1cccc(C(F)(F)F)c1F. The molecule has 1 aliphatic heterocycles. The molecule has 2 aromatic heterocycles. The summed E-state index contributed by atoms with van der Waals surface area (Å²) in [6.45, 7) is 2.02. The molecule has 0 spiro atoms. The molecule has 0 saturated carbocycles. The Morgan fingerprint density at radius 1 is 1.25 bits per heavy atom. The van der Waals surface area contributed by atoms with Crippen molar-refractivity contribution in [1.29, 1.82) is 0 Å². The van der Waals surface area contributed by atoms with Gasteiger partial charge in [0.2, 0.25) is 5.88 Å². The maximum Gasteiger partial charge on any atom is 0.419 e. The highest BCUT2D eigenvalue weighted by atomic mass is 32.2. The summed E-state index contributed by atoms with van der Waals surface area (Å²) in [5, 5.41) is 9.43. The average Bonchev–Trinajstić information content (AvgIpc) is 2.83. The molecular weight excluding hydrogens is 506 g/mol. The number of aromatic amines is 1. The Morgan fingerprint density at radius 3 is 2.56 bits per heavy atom. The summed E-state index contributed by atoms with van der Waals surface area (Å²) in [6, 6.07) is 3.68. The summed E-state index contributed by atoms with van der Waals surface area (Å²) in [7, 11) is -1.81. The number of alkyl halides is 3. The molecule has 4 rings (SSSR count). The van der Waals surface area contributed by atoms with E-state index in [4.69, 9.17) is 4.74 Å². The summed E-state index contributed by atoms with van der Waals surface area (Å²) >= 11 is 0. The van der Waals surface area contributed by atoms with Crippen LogP contribution in [0.4, 0.5) is 29.1 Å². The summed E-state index contributed by atoms with van der Waals surface area (Å²) < 4.78 is 83.6. The molecule has 0 bridgehead atoms. The molecule has 9 nitrogen and oxygen atoms in total. The van der Waals surface area contributed by atoms with Gasteiger partial charge in [-0.2, -0.15) is 18.3 Å². The minimum atomic E-state index is -4.86. The third kappa shape index (κ3) is 4.94. The number of halogens is 4. The second-order valence-electron chi connectivity index (χ2n) is 8.26. The summed E-state index contributed by atoms with van der Waals surface area (Å²) in [5.74, 6) is -1.37. The van der Waals surface area contributed by atoms with Crippen molar-refractivity contribution in [2.45, 2.75) is 25.6 Å². The predicted molar refractivity (Wildman–Crippen MR) is 126 cm³/mol. The summed E-state index contributed by atoms with van der Waals surface area (Å²) in [5.41, 5.74) is -1.87. The lowest BCUT2D eigenvalue weighted by molar-refractivity contribution is -0.140. The van der Waals surface area contributed by atoms with Crippen LogP contribution in [0.15, 0.2) is 29.1 Å². The van der Waals surface area contributed by atoms with E-state index in [1.807, 2.05) is 0 Å². The number of benzene rings is 1. The van der Waals surface area contributed by atoms with Gasteiger partial charge in [0.05, 0.1) is 35.6 Å². The molecule has 3 aromatic rings. The molecule has 194 valence electrons. The van der Waals surface area contributed by atoms with Crippen LogP contribution in [0.5, 0.6) is 5.88 Å². The number of hydrogen-bond donors (Lipinski definition) is 2. The second kappa shape index (κ2) is 9.56. The predicted octanol–water partition coefficient (Wildman–Crippen LogP) is 3.28. The van der Waals surface area contributed by atoms with Crippen molar-refractivity contribution in [1.82, 2.24) is 15.2 Å². The fourth-order valence-electron chi connectivity index (χ4n) is 4.10. The van der Waals surface area contributed by atoms with Crippen molar-refractivity contribution in [3.05, 3.63) is 51.6 Å². The third-order valence-corrected chi connectivity index (χ3v) is 7.62. The Morgan fingerprint density at radius 2 is 1.94 bits per heavy atom. The lowest BCUT2D eigenvalue weighted by atomic mass is 10.00. The minimum absolute atomic E-state index is 0.0582. The number of nitrogens with one attached hydrogen (secondary N) is 2. The van der Waals surface area contributed by atoms with E-state index in [9.17, 15) is 30.8 Å². The molecule has 1 fully saturated rings. The molecular formula is C22H23F4N5O4S. The highest BCUT2D eigenvalue weighted by Crippen LogP contribution is 2.37. The van der Waals surface area contributed by atoms with Crippen LogP contribution in [0.3, 0.4) is 0 Å². The minimum Gasteiger partial charge on any atom is -0.480 e. The Bertz CT molecular complexity index is 1450. The highest BCUT2D eigenvalue weighted by Gasteiger charge is 2.36. The fraction of sp³-hybridized carbons (Fsp3) is 0.409. The van der Waals surface area contributed by atoms with Gasteiger partial charge < -0.3 is 15.0 Å². The van der Waals surface area contributed by atoms with Gasteiger partial charge in [-0.1, -0.05) is 19.1 Å². The zero-order valence-corrected chi connectivity index (χ0v) is 20.1. The first-order valence-electron chi connectivity index (χ1n) is 11.0. The van der Waals surface area contributed by atoms with Crippen LogP contribution in [0.2, 0.25) is 0 Å². The number of nitrogens with zero attached hydrogens (tertiary/aromatic N) is 3. The first-order chi connectivity index (χ1) is 16.9. The number of rotatable bonds is 6. The second-order valence-corrected chi connectivity index (χ2v) is 10.6. The maximum absolute atomic E-state index is 14.8. The van der Waals surface area contributed by atoms with Gasteiger partial charge >= 0.3 is 6.18 Å². The van der Waals surface area contributed by atoms with Gasteiger partial charge in [0.15, 0.2) is 15.7 Å². The number of H-pyrrole nitrogens is 1. The Labute approximate surface area is 203 Å². The molecule has 1 aromatic carbocycles. The van der Waals surface area contributed by atoms with Gasteiger partial charge in [0.1, 0.15) is 17.0 Å². The van der Waals surface area contributed by atoms with Crippen LogP contribution in [-0.4, -0.2) is 55.3 Å². The van der Waals surface area contributed by atoms with E-state index in [-0.39, 0.29) is 59.2 Å². The van der Waals surface area contributed by atoms with Gasteiger partial charge in [-0.3, -0.25) is 4.79 Å². The van der Waals surface area contributed by atoms with Gasteiger partial charge in [-0.15, -0.1) is 0 Å². The first kappa shape index (κ1) is 25.7. The van der Waals surface area contributed by atoms with Crippen LogP contribution in [0.25, 0.3) is 10.9 Å². The monoisotopic (exact) mass is 529 g/mol. The van der Waals surface area contributed by atoms with E-state index in [0.717, 1.165) is 6.07 Å². The Balaban J connectivity index is 1.79. The zero-order chi connectivity index (χ0) is 26.3. The number of fused-ring (bicyclic) bond motifs is 1. The quantitative estimate of drug-likeness (QED) is 0.468. The van der Waals surface area contributed by atoms with E-state index < -0.39 is 39.0 Å². The molecule has 36 heavy (non-hydrogen) atoms. The van der Waals surface area contributed by atoms with Crippen molar-refractivity contribution in [3.63, 3.8) is 0 Å². The van der Waals surface area contributed by atoms with Crippen LogP contribution < -0.4 is 20.5 Å². The Hall–Kier alpha value is -3.42. The van der Waals surface area contributed by atoms with E-state index in [1.165, 1.54) is 13.2 Å². The van der Waals surface area contributed by atoms with Crippen molar-refractivity contribution < 1.29 is 30.7 Å². The van der Waals surface area contributed by atoms with Gasteiger partial charge in [-0.25, -0.2) is 22.9 Å². The van der Waals surface area contributed by atoms with E-state index >= 15 is 0 Å². The number of methoxy groups -OCH3 is 1. The van der Waals surface area contributed by atoms with Gasteiger partial charge in [0.25, 0.3) is 5.56 Å². The number of hydrogen-bond acceptors (Lipinski definition) is 8. The fourth-order valence-corrected chi connectivity index (χ4v) is 5.30. The summed E-state index contributed by atoms with van der Waals surface area (Å²) in [6.07, 6.45) is -4.67. The van der Waals surface area contributed by atoms with Crippen molar-refractivity contribution in [2.24, 2.45) is 0 Å². The largest absolute Gasteiger partial charge is 0.480 e. The maximum atomic E-state index is 14.8. The molecule has 3 heterocycles. The molecule has 0 amide bonds. The molecule has 0 unspecified atom stereocenters. The molecule has 1 aliphatic rings. The lowest BCUT2D eigenvalue weighted by Crippen LogP contribution is -2.40. The zero-order valence-electron chi connectivity index (χ0n) is 19.3. The van der Waals surface area contributed by atoms with Crippen LogP contribution in [-0.2, 0) is 16.0 Å². The average molecular weight is 530 g/mol. The standard InChI is InChI=1S/C22H23F4N5O4S/c1-3-15(12-5-4-6-14(17(12)23)22(24,25)26)27-19-13-11-16(31-7-9-36(33,34)10-8-31)21(35-2)28-18(13)20(32)30-29-19/h4-6,11,15H,3,7-10H2,1-2H3,(H,27,29)(H,30,32)/t15-/m1/s1. The first-order valence-corrected chi connectivity index (χ1v) is 12.8. The molecule has 1 atom stereocenters. The van der Waals surface area contributed by atoms with Crippen molar-refractivity contribution >= 4 is 32.2 Å². The van der Waals surface area contributed by atoms with E-state index in [2.05, 4.69) is 20.5 Å². The summed E-state index contributed by atoms with van der Waals surface area (Å²) in [4.78, 5) is 18.5. The number of anilines is 2. The van der Waals surface area contributed by atoms with Gasteiger partial charge in [-0.05, 0) is 18.6 Å². The van der Waals surface area contributed by atoms with Crippen LogP contribution in [0, 0.1) is 5.82 Å². The Kier molecular flexibility index (Phi) is 6.82. The molecule has 0 aliphatic carbocycles. The molecule has 14 heteroatoms. The number of aromatic nitrogens is 3. The topological polar surface area (TPSA) is 117 Å². The van der Waals surface area contributed by atoms with E-state index in [1.54, 1.807) is 17.9 Å². The molecule has 0 radical (unpaired) electrons. The number of pyridine rings is 1. The van der Waals surface area contributed by atoms with E-state index in [0.29, 0.717) is 11.8 Å². The lowest BCUT2D eigenvalue weighted by Gasteiger charge is -2.29. The van der Waals surface area contributed by atoms with Gasteiger partial charge in [0, 0.05) is 18.7 Å². The molecule has 2 N–H and O–H groups in total. The van der Waals surface area contributed by atoms with Crippen LogP contribution in [0.1, 0.15) is 30.5 Å². The smallest absolute Gasteiger partial charge is 0.419 e.